The molecule has 4 heterocycles. The van der Waals surface area contributed by atoms with E-state index < -0.39 is 23.5 Å². The number of para-hydroxylation sites is 2. The van der Waals surface area contributed by atoms with E-state index in [2.05, 4.69) is 265 Å². The molecule has 0 radical (unpaired) electrons. The number of nitrogens with zero attached hydrogens (tertiary/aromatic N) is 4. The first-order valence-electron chi connectivity index (χ1n) is 33.5. The second-order valence-corrected chi connectivity index (χ2v) is 29.7. The van der Waals surface area contributed by atoms with Crippen molar-refractivity contribution in [1.29, 1.82) is 0 Å². The number of fused-ring (bicyclic) bond motifs is 8. The van der Waals surface area contributed by atoms with Crippen molar-refractivity contribution in [2.75, 3.05) is 9.80 Å². The largest absolute Gasteiger partial charge is 0.509 e. The summed E-state index contributed by atoms with van der Waals surface area (Å²) in [5.41, 5.74) is 15.4. The summed E-state index contributed by atoms with van der Waals surface area (Å²) in [6.07, 6.45) is 1.91. The second kappa shape index (κ2) is 22.9. The van der Waals surface area contributed by atoms with Crippen LogP contribution >= 0.6 is 11.3 Å². The van der Waals surface area contributed by atoms with Crippen molar-refractivity contribution >= 4 is 76.1 Å². The van der Waals surface area contributed by atoms with E-state index in [4.69, 9.17) is 13.8 Å². The van der Waals surface area contributed by atoms with Crippen LogP contribution in [0.2, 0.25) is 0 Å². The summed E-state index contributed by atoms with van der Waals surface area (Å²) >= 11 is 1.81. The van der Waals surface area contributed by atoms with E-state index >= 15 is 0 Å². The van der Waals surface area contributed by atoms with Crippen LogP contribution in [0.15, 0.2) is 182 Å². The molecular weight excluding hydrogens is 1280 g/mol. The maximum absolute atomic E-state index is 9.68. The van der Waals surface area contributed by atoms with Crippen molar-refractivity contribution in [3.8, 4) is 50.7 Å². The molecule has 9 aromatic carbocycles. The summed E-state index contributed by atoms with van der Waals surface area (Å²) in [5.74, 6) is 2.17. The molecule has 3 aromatic heterocycles. The molecule has 0 saturated carbocycles. The normalized spacial score (nSPS) is 14.0. The Balaban J connectivity index is 0.00000848. The van der Waals surface area contributed by atoms with E-state index in [-0.39, 0.29) is 66.8 Å². The number of rotatable bonds is 10. The number of benzene rings is 9. The SMILES string of the molecule is [2H]c1c([2H])c([2H])c(-c2cc(C(C)(C)C)cc(-c3cc(C(C)(C)C)cc(C(C)(C)C)c3)c2N2[CH-]N(c3[c-]c(Oc4[c-]c5c(cc4)c4c6sc7ccccc7c6ccc4n5-c4cc(C(C)(C)C)ccn4)cc(-c4c(C(C)C)cccc4C(C)C)c3)c3ccccc32)c([2H])c1[2H].[Pt]. The monoisotopic (exact) mass is 1370 g/mol. The molecule has 1 aliphatic rings. The van der Waals surface area contributed by atoms with Gasteiger partial charge in [-0.05, 0) is 137 Å². The fourth-order valence-corrected chi connectivity index (χ4v) is 13.9. The number of pyridine rings is 1. The van der Waals surface area contributed by atoms with Gasteiger partial charge >= 0.3 is 0 Å². The van der Waals surface area contributed by atoms with Crippen LogP contribution < -0.4 is 14.5 Å². The van der Waals surface area contributed by atoms with E-state index in [0.717, 1.165) is 77.9 Å². The van der Waals surface area contributed by atoms with Crippen LogP contribution in [0.4, 0.5) is 22.7 Å². The molecular formula is C82H81N4OPtS-3. The van der Waals surface area contributed by atoms with Crippen LogP contribution in [0, 0.1) is 18.8 Å². The Morgan fingerprint density at radius 1 is 0.528 bits per heavy atom. The van der Waals surface area contributed by atoms with Gasteiger partial charge in [0.15, 0.2) is 0 Å². The maximum atomic E-state index is 9.68. The molecule has 12 aromatic rings. The number of hydrogen-bond donors (Lipinski definition) is 0. The predicted octanol–water partition coefficient (Wildman–Crippen LogP) is 23.8. The first-order chi connectivity index (χ1) is 43.9. The molecule has 0 unspecified atom stereocenters. The van der Waals surface area contributed by atoms with Gasteiger partial charge in [-0.25, -0.2) is 4.98 Å². The van der Waals surface area contributed by atoms with Crippen LogP contribution in [0.5, 0.6) is 11.5 Å². The second-order valence-electron chi connectivity index (χ2n) is 28.7. The zero-order valence-corrected chi connectivity index (χ0v) is 57.2. The average molecular weight is 1370 g/mol. The minimum absolute atomic E-state index is 0. The number of anilines is 4. The molecule has 13 rings (SSSR count). The van der Waals surface area contributed by atoms with Crippen molar-refractivity contribution in [3.05, 3.63) is 234 Å². The van der Waals surface area contributed by atoms with E-state index in [1.54, 1.807) is 0 Å². The molecule has 0 atom stereocenters. The molecule has 0 spiro atoms. The Morgan fingerprint density at radius 2 is 1.12 bits per heavy atom. The van der Waals surface area contributed by atoms with Gasteiger partial charge in [-0.2, -0.15) is 6.07 Å². The van der Waals surface area contributed by atoms with Gasteiger partial charge in [0.1, 0.15) is 5.82 Å². The smallest absolute Gasteiger partial charge is 0.135 e. The first-order valence-corrected chi connectivity index (χ1v) is 31.8. The average Bonchev–Trinajstić information content (AvgIpc) is 1.55. The maximum Gasteiger partial charge on any atom is 0.135 e. The van der Waals surface area contributed by atoms with Gasteiger partial charge in [-0.3, -0.25) is 0 Å². The molecule has 0 amide bonds. The summed E-state index contributed by atoms with van der Waals surface area (Å²) < 4.78 is 58.4. The summed E-state index contributed by atoms with van der Waals surface area (Å²) in [6, 6.07) is 58.0. The van der Waals surface area contributed by atoms with E-state index in [9.17, 15) is 2.74 Å². The van der Waals surface area contributed by atoms with Gasteiger partial charge in [0, 0.05) is 92.6 Å². The molecule has 5 nitrogen and oxygen atoms in total. The summed E-state index contributed by atoms with van der Waals surface area (Å²) in [6.45, 7) is 37.7. The minimum atomic E-state index is -0.441. The van der Waals surface area contributed by atoms with Crippen LogP contribution in [-0.2, 0) is 42.7 Å². The summed E-state index contributed by atoms with van der Waals surface area (Å²) in [4.78, 5) is 9.39. The third-order valence-corrected chi connectivity index (χ3v) is 18.8. The van der Waals surface area contributed by atoms with Crippen molar-refractivity contribution in [1.82, 2.24) is 9.55 Å². The molecule has 0 N–H and O–H groups in total. The van der Waals surface area contributed by atoms with Crippen LogP contribution in [0.25, 0.3) is 81.2 Å². The number of aromatic nitrogens is 2. The standard InChI is InChI=1S/C82H81N4OS.Pt/c1-50(2)62-28-24-29-63(51(3)4)75(62)54-41-59(47-61(42-54)87-60-33-34-66-72(48-60)86(74-46-55(37-38-83-74)79(5,6)7)71-36-35-65-64-27-20-23-32-73(64)88-78(65)76(66)71)84-49-85(70-31-22-21-30-69(70)84)77-67(52-25-18-17-19-26-52)44-58(82(14,15)16)45-68(77)53-39-56(80(8,9)10)43-57(40-53)81(11,12)13;/h17-46,49-51H,1-16H3;/q-3;/i17D,18D,19D,25D,26D;. The Labute approximate surface area is 553 Å². The Morgan fingerprint density at radius 3 is 1.76 bits per heavy atom. The molecule has 0 fully saturated rings. The molecule has 454 valence electrons. The molecule has 7 heteroatoms. The number of thiophene rings is 1. The van der Waals surface area contributed by atoms with Crippen molar-refractivity contribution in [3.63, 3.8) is 0 Å². The predicted molar refractivity (Wildman–Crippen MR) is 376 cm³/mol. The molecule has 1 aliphatic heterocycles. The summed E-state index contributed by atoms with van der Waals surface area (Å²) in [7, 11) is 0. The zero-order valence-electron chi connectivity index (χ0n) is 59.1. The van der Waals surface area contributed by atoms with Crippen LogP contribution in [0.3, 0.4) is 0 Å². The molecule has 89 heavy (non-hydrogen) atoms. The van der Waals surface area contributed by atoms with Gasteiger partial charge in [0.2, 0.25) is 0 Å². The topological polar surface area (TPSA) is 33.5 Å². The zero-order chi connectivity index (χ0) is 66.3. The van der Waals surface area contributed by atoms with Gasteiger partial charge in [0.05, 0.1) is 6.85 Å². The van der Waals surface area contributed by atoms with Crippen LogP contribution in [0.1, 0.15) is 163 Å². The van der Waals surface area contributed by atoms with Crippen molar-refractivity contribution in [2.45, 2.75) is 144 Å². The Bertz CT molecular complexity index is 4930. The molecule has 0 aliphatic carbocycles. The first kappa shape index (κ1) is 55.3. The van der Waals surface area contributed by atoms with Gasteiger partial charge < -0.3 is 19.1 Å². The Kier molecular flexibility index (Phi) is 14.2. The van der Waals surface area contributed by atoms with E-state index in [0.29, 0.717) is 28.4 Å². The van der Waals surface area contributed by atoms with E-state index in [1.807, 2.05) is 41.8 Å². The van der Waals surface area contributed by atoms with Gasteiger partial charge in [-0.15, -0.1) is 65.0 Å². The van der Waals surface area contributed by atoms with Crippen molar-refractivity contribution in [2.24, 2.45) is 0 Å². The quantitative estimate of drug-likeness (QED) is 0.128. The minimum Gasteiger partial charge on any atom is -0.509 e. The third-order valence-electron chi connectivity index (χ3n) is 17.6. The Hall–Kier alpha value is -7.76. The van der Waals surface area contributed by atoms with Gasteiger partial charge in [-0.1, -0.05) is 219 Å². The summed E-state index contributed by atoms with van der Waals surface area (Å²) in [5, 5.41) is 4.64. The number of hydrogen-bond acceptors (Lipinski definition) is 5. The van der Waals surface area contributed by atoms with Crippen LogP contribution in [-0.4, -0.2) is 9.55 Å². The van der Waals surface area contributed by atoms with Gasteiger partial charge in [0.25, 0.3) is 0 Å². The third kappa shape index (κ3) is 11.3. The van der Waals surface area contributed by atoms with Crippen molar-refractivity contribution < 1.29 is 32.7 Å². The van der Waals surface area contributed by atoms with E-state index in [1.165, 1.54) is 36.9 Å². The molecule has 0 saturated heterocycles. The fourth-order valence-electron chi connectivity index (χ4n) is 12.6. The number of ether oxygens (including phenoxy) is 1. The fraction of sp³-hybridized carbons (Fsp3) is 0.268. The molecule has 0 bridgehead atoms.